The Balaban J connectivity index is 2.56. The molecule has 0 spiro atoms. The van der Waals surface area contributed by atoms with Gasteiger partial charge in [-0.1, -0.05) is 0 Å². The van der Waals surface area contributed by atoms with Gasteiger partial charge in [-0.15, -0.1) is 0 Å². The molecule has 0 unspecified atom stereocenters. The lowest BCUT2D eigenvalue weighted by Gasteiger charge is -1.94. The van der Waals surface area contributed by atoms with Crippen molar-refractivity contribution >= 4 is 16.4 Å². The first-order valence-electron chi connectivity index (χ1n) is 4.69. The van der Waals surface area contributed by atoms with Gasteiger partial charge in [0.15, 0.2) is 0 Å². The largest absolute Gasteiger partial charge is 0.310 e. The highest BCUT2D eigenvalue weighted by atomic mass is 16.1. The number of aromatic nitrogens is 3. The van der Waals surface area contributed by atoms with Crippen molar-refractivity contribution in [2.24, 2.45) is 0 Å². The predicted molar refractivity (Wildman–Crippen MR) is 58.0 cm³/mol. The number of nitrogens with zero attached hydrogens (tertiary/aromatic N) is 3. The second-order valence-corrected chi connectivity index (χ2v) is 3.44. The highest BCUT2D eigenvalue weighted by molar-refractivity contribution is 5.87. The van der Waals surface area contributed by atoms with E-state index in [1.807, 2.05) is 0 Å². The molecule has 5 heteroatoms. The molecule has 2 aromatic heterocycles. The van der Waals surface area contributed by atoms with Crippen molar-refractivity contribution in [1.29, 1.82) is 5.26 Å². The Kier molecular flexibility index (Phi) is 1.59. The molecule has 0 aliphatic rings. The van der Waals surface area contributed by atoms with Gasteiger partial charge in [-0.25, -0.2) is 4.52 Å². The van der Waals surface area contributed by atoms with Crippen LogP contribution in [0.4, 0.5) is 0 Å². The van der Waals surface area contributed by atoms with E-state index >= 15 is 0 Å². The van der Waals surface area contributed by atoms with Crippen LogP contribution in [0.2, 0.25) is 0 Å². The van der Waals surface area contributed by atoms with E-state index in [-0.39, 0.29) is 5.56 Å². The molecule has 3 aromatic rings. The summed E-state index contributed by atoms with van der Waals surface area (Å²) in [4.78, 5) is 14.0. The van der Waals surface area contributed by atoms with Gasteiger partial charge in [0.2, 0.25) is 0 Å². The first kappa shape index (κ1) is 8.68. The van der Waals surface area contributed by atoms with E-state index in [4.69, 9.17) is 5.26 Å². The maximum Gasteiger partial charge on any atom is 0.275 e. The molecule has 1 N–H and O–H groups in total. The topological polar surface area (TPSA) is 73.9 Å². The Hall–Kier alpha value is -2.61. The van der Waals surface area contributed by atoms with E-state index < -0.39 is 0 Å². The zero-order valence-corrected chi connectivity index (χ0v) is 8.14. The molecule has 0 fully saturated rings. The van der Waals surface area contributed by atoms with Crippen molar-refractivity contribution in [3.63, 3.8) is 0 Å². The molecule has 5 nitrogen and oxygen atoms in total. The summed E-state index contributed by atoms with van der Waals surface area (Å²) < 4.78 is 1.56. The number of aromatic amines is 1. The van der Waals surface area contributed by atoms with Crippen LogP contribution in [0.15, 0.2) is 35.4 Å². The summed E-state index contributed by atoms with van der Waals surface area (Å²) >= 11 is 0. The van der Waals surface area contributed by atoms with Crippen molar-refractivity contribution in [2.75, 3.05) is 0 Å². The minimum Gasteiger partial charge on any atom is -0.310 e. The third kappa shape index (κ3) is 1.04. The van der Waals surface area contributed by atoms with Crippen LogP contribution in [-0.4, -0.2) is 14.6 Å². The summed E-state index contributed by atoms with van der Waals surface area (Å²) in [5.41, 5.74) is 1.68. The monoisotopic (exact) mass is 210 g/mol. The smallest absolute Gasteiger partial charge is 0.275 e. The summed E-state index contributed by atoms with van der Waals surface area (Å²) in [5, 5.41) is 13.7. The third-order valence-corrected chi connectivity index (χ3v) is 2.51. The Labute approximate surface area is 89.6 Å². The predicted octanol–water partition coefficient (Wildman–Crippen LogP) is 1.05. The molecule has 1 aromatic carbocycles. The van der Waals surface area contributed by atoms with Crippen LogP contribution >= 0.6 is 0 Å². The molecule has 0 aliphatic carbocycles. The van der Waals surface area contributed by atoms with Gasteiger partial charge >= 0.3 is 0 Å². The second kappa shape index (κ2) is 2.94. The lowest BCUT2D eigenvalue weighted by Crippen LogP contribution is -2.09. The van der Waals surface area contributed by atoms with E-state index in [9.17, 15) is 4.79 Å². The molecule has 3 rings (SSSR count). The average Bonchev–Trinajstić information content (AvgIpc) is 2.68. The maximum absolute atomic E-state index is 11.5. The summed E-state index contributed by atoms with van der Waals surface area (Å²) in [7, 11) is 0. The fraction of sp³-hybridized carbons (Fsp3) is 0. The summed E-state index contributed by atoms with van der Waals surface area (Å²) in [5.74, 6) is 0. The first-order chi connectivity index (χ1) is 7.79. The van der Waals surface area contributed by atoms with Crippen LogP contribution in [-0.2, 0) is 0 Å². The van der Waals surface area contributed by atoms with Gasteiger partial charge in [0.1, 0.15) is 11.8 Å². The van der Waals surface area contributed by atoms with Gasteiger partial charge in [-0.05, 0) is 24.3 Å². The molecule has 0 amide bonds. The molecule has 0 radical (unpaired) electrons. The van der Waals surface area contributed by atoms with E-state index in [1.54, 1.807) is 28.8 Å². The summed E-state index contributed by atoms with van der Waals surface area (Å²) in [6, 6.07) is 9.02. The van der Waals surface area contributed by atoms with Crippen molar-refractivity contribution in [3.05, 3.63) is 46.5 Å². The molecule has 16 heavy (non-hydrogen) atoms. The number of benzene rings is 1. The van der Waals surface area contributed by atoms with E-state index in [0.717, 1.165) is 10.9 Å². The van der Waals surface area contributed by atoms with Crippen LogP contribution in [0.3, 0.4) is 0 Å². The van der Waals surface area contributed by atoms with Crippen molar-refractivity contribution < 1.29 is 0 Å². The fourth-order valence-corrected chi connectivity index (χ4v) is 1.78. The van der Waals surface area contributed by atoms with Gasteiger partial charge in [-0.3, -0.25) is 4.79 Å². The molecular formula is C11H6N4O. The van der Waals surface area contributed by atoms with Gasteiger partial charge in [-0.2, -0.15) is 10.4 Å². The minimum absolute atomic E-state index is 0.190. The SMILES string of the molecule is N#Cc1ccc2c(c1)cc1c(=O)[nH]cnn12. The molecule has 0 aliphatic heterocycles. The highest BCUT2D eigenvalue weighted by Crippen LogP contribution is 2.18. The molecule has 76 valence electrons. The standard InChI is InChI=1S/C11H6N4O/c12-5-7-1-2-9-8(3-7)4-10-11(16)13-6-14-15(9)10/h1-4,6H,(H,13,14,16). The number of fused-ring (bicyclic) bond motifs is 3. The number of rotatable bonds is 0. The lowest BCUT2D eigenvalue weighted by molar-refractivity contribution is 0.914. The van der Waals surface area contributed by atoms with Gasteiger partial charge < -0.3 is 4.98 Å². The maximum atomic E-state index is 11.5. The zero-order chi connectivity index (χ0) is 11.1. The number of nitrogens with one attached hydrogen (secondary N) is 1. The average molecular weight is 210 g/mol. The summed E-state index contributed by atoms with van der Waals surface area (Å²) in [6.07, 6.45) is 1.35. The Bertz CT molecular complexity index is 791. The van der Waals surface area contributed by atoms with Crippen LogP contribution < -0.4 is 5.56 Å². The zero-order valence-electron chi connectivity index (χ0n) is 8.14. The van der Waals surface area contributed by atoms with Gasteiger partial charge in [0, 0.05) is 5.39 Å². The first-order valence-corrected chi connectivity index (χ1v) is 4.69. The third-order valence-electron chi connectivity index (χ3n) is 2.51. The normalized spacial score (nSPS) is 10.7. The molecule has 0 bridgehead atoms. The minimum atomic E-state index is -0.190. The number of hydrogen-bond donors (Lipinski definition) is 1. The fourth-order valence-electron chi connectivity index (χ4n) is 1.78. The van der Waals surface area contributed by atoms with Crippen LogP contribution in [0.1, 0.15) is 5.56 Å². The summed E-state index contributed by atoms with van der Waals surface area (Å²) in [6.45, 7) is 0. The van der Waals surface area contributed by atoms with Crippen LogP contribution in [0.5, 0.6) is 0 Å². The van der Waals surface area contributed by atoms with E-state index in [0.29, 0.717) is 11.1 Å². The highest BCUT2D eigenvalue weighted by Gasteiger charge is 2.06. The molecule has 0 atom stereocenters. The van der Waals surface area contributed by atoms with Crippen LogP contribution in [0, 0.1) is 11.3 Å². The number of H-pyrrole nitrogens is 1. The second-order valence-electron chi connectivity index (χ2n) is 3.44. The Morgan fingerprint density at radius 1 is 1.31 bits per heavy atom. The number of hydrogen-bond acceptors (Lipinski definition) is 3. The van der Waals surface area contributed by atoms with E-state index in [2.05, 4.69) is 16.2 Å². The van der Waals surface area contributed by atoms with Crippen LogP contribution in [0.25, 0.3) is 16.4 Å². The lowest BCUT2D eigenvalue weighted by atomic mass is 10.2. The van der Waals surface area contributed by atoms with Gasteiger partial charge in [0.05, 0.1) is 17.1 Å². The number of nitriles is 1. The quantitative estimate of drug-likeness (QED) is 0.602. The molecule has 0 saturated carbocycles. The van der Waals surface area contributed by atoms with Crippen molar-refractivity contribution in [1.82, 2.24) is 14.6 Å². The molecule has 0 saturated heterocycles. The van der Waals surface area contributed by atoms with E-state index in [1.165, 1.54) is 6.33 Å². The molecular weight excluding hydrogens is 204 g/mol. The van der Waals surface area contributed by atoms with Crippen molar-refractivity contribution in [3.8, 4) is 6.07 Å². The Morgan fingerprint density at radius 2 is 2.19 bits per heavy atom. The Morgan fingerprint density at radius 3 is 3.00 bits per heavy atom. The van der Waals surface area contributed by atoms with Crippen molar-refractivity contribution in [2.45, 2.75) is 0 Å². The molecule has 2 heterocycles. The van der Waals surface area contributed by atoms with Gasteiger partial charge in [0.25, 0.3) is 5.56 Å².